The van der Waals surface area contributed by atoms with E-state index in [1.807, 2.05) is 42.5 Å². The van der Waals surface area contributed by atoms with Gasteiger partial charge in [0, 0.05) is 42.9 Å². The van der Waals surface area contributed by atoms with E-state index in [2.05, 4.69) is 56.4 Å². The van der Waals surface area contributed by atoms with Crippen LogP contribution < -0.4 is 10.1 Å². The Balaban J connectivity index is 1.44. The number of benzene rings is 3. The number of aromatic nitrogens is 3. The number of nitrogens with zero attached hydrogens (tertiary/aromatic N) is 3. The van der Waals surface area contributed by atoms with Gasteiger partial charge in [-0.05, 0) is 47.0 Å². The van der Waals surface area contributed by atoms with Gasteiger partial charge in [-0.1, -0.05) is 48.5 Å². The first kappa shape index (κ1) is 20.2. The van der Waals surface area contributed by atoms with E-state index < -0.39 is 0 Å². The lowest BCUT2D eigenvalue weighted by atomic mass is 9.88. The average Bonchev–Trinajstić information content (AvgIpc) is 3.15. The smallest absolute Gasteiger partial charge is 0.321 e. The molecule has 166 valence electrons. The fraction of sp³-hybridized carbons (Fsp3) is 0.107. The van der Waals surface area contributed by atoms with E-state index >= 15 is 0 Å². The molecular formula is C28H22N4O2. The minimum Gasteiger partial charge on any atom is -0.424 e. The molecule has 1 N–H and O–H groups in total. The van der Waals surface area contributed by atoms with E-state index in [1.54, 1.807) is 18.5 Å². The molecule has 5 aromatic rings. The Morgan fingerprint density at radius 2 is 1.76 bits per heavy atom. The number of ether oxygens (including phenoxy) is 1. The Hall–Kier alpha value is -4.45. The van der Waals surface area contributed by atoms with Crippen molar-refractivity contribution in [3.8, 4) is 11.8 Å². The van der Waals surface area contributed by atoms with Gasteiger partial charge in [0.25, 0.3) is 0 Å². The Bertz CT molecular complexity index is 1480. The molecule has 0 fully saturated rings. The molecule has 6 heteroatoms. The lowest BCUT2D eigenvalue weighted by Gasteiger charge is -2.15. The van der Waals surface area contributed by atoms with Crippen molar-refractivity contribution in [3.05, 3.63) is 114 Å². The fourth-order valence-corrected chi connectivity index (χ4v) is 4.70. The number of rotatable bonds is 5. The summed E-state index contributed by atoms with van der Waals surface area (Å²) in [5.41, 5.74) is 5.34. The fourth-order valence-electron chi connectivity index (χ4n) is 4.70. The average molecular weight is 447 g/mol. The summed E-state index contributed by atoms with van der Waals surface area (Å²) in [4.78, 5) is 21.1. The lowest BCUT2D eigenvalue weighted by molar-refractivity contribution is -0.116. The van der Waals surface area contributed by atoms with E-state index in [-0.39, 0.29) is 11.8 Å². The number of anilines is 1. The van der Waals surface area contributed by atoms with Crippen molar-refractivity contribution in [2.75, 3.05) is 5.32 Å². The van der Waals surface area contributed by atoms with Crippen LogP contribution >= 0.6 is 0 Å². The second-order valence-corrected chi connectivity index (χ2v) is 8.41. The molecule has 3 heterocycles. The number of carbonyl (C=O) groups excluding carboxylic acids is 1. The van der Waals surface area contributed by atoms with Gasteiger partial charge in [0.2, 0.25) is 5.91 Å². The predicted molar refractivity (Wildman–Crippen MR) is 131 cm³/mol. The number of carbonyl (C=O) groups is 1. The van der Waals surface area contributed by atoms with Gasteiger partial charge in [-0.25, -0.2) is 9.97 Å². The zero-order valence-corrected chi connectivity index (χ0v) is 18.4. The highest BCUT2D eigenvalue weighted by atomic mass is 16.5. The van der Waals surface area contributed by atoms with E-state index in [0.29, 0.717) is 18.2 Å². The van der Waals surface area contributed by atoms with Crippen LogP contribution in [0.4, 0.5) is 5.69 Å². The summed E-state index contributed by atoms with van der Waals surface area (Å²) in [5, 5.41) is 4.20. The third-order valence-corrected chi connectivity index (χ3v) is 6.18. The van der Waals surface area contributed by atoms with Gasteiger partial charge in [-0.15, -0.1) is 0 Å². The van der Waals surface area contributed by atoms with E-state index in [1.165, 1.54) is 5.56 Å². The predicted octanol–water partition coefficient (Wildman–Crippen LogP) is 5.75. The SMILES string of the molecule is O=C1C[C@H](c2cccc(Oc3ncccn3)c2)c2cn(Cc3ccccc3)c3cccc(c23)N1. The minimum absolute atomic E-state index is 0.000948. The van der Waals surface area contributed by atoms with Crippen LogP contribution in [0.3, 0.4) is 0 Å². The van der Waals surface area contributed by atoms with E-state index in [4.69, 9.17) is 4.74 Å². The van der Waals surface area contributed by atoms with Gasteiger partial charge < -0.3 is 14.6 Å². The summed E-state index contributed by atoms with van der Waals surface area (Å²) < 4.78 is 8.14. The molecule has 1 atom stereocenters. The second kappa shape index (κ2) is 8.48. The minimum atomic E-state index is -0.108. The number of hydrogen-bond acceptors (Lipinski definition) is 4. The van der Waals surface area contributed by atoms with E-state index in [0.717, 1.165) is 34.3 Å². The molecule has 0 saturated heterocycles. The van der Waals surface area contributed by atoms with Gasteiger partial charge in [0.05, 0.1) is 11.2 Å². The molecule has 0 radical (unpaired) electrons. The van der Waals surface area contributed by atoms with Crippen molar-refractivity contribution >= 4 is 22.5 Å². The molecule has 0 spiro atoms. The molecular weight excluding hydrogens is 424 g/mol. The first-order valence-electron chi connectivity index (χ1n) is 11.2. The lowest BCUT2D eigenvalue weighted by Crippen LogP contribution is -2.14. The highest BCUT2D eigenvalue weighted by Gasteiger charge is 2.28. The van der Waals surface area contributed by atoms with Crippen LogP contribution in [0.25, 0.3) is 10.9 Å². The first-order chi connectivity index (χ1) is 16.7. The largest absolute Gasteiger partial charge is 0.424 e. The van der Waals surface area contributed by atoms with Gasteiger partial charge in [0.15, 0.2) is 0 Å². The zero-order valence-electron chi connectivity index (χ0n) is 18.4. The zero-order chi connectivity index (χ0) is 22.9. The van der Waals surface area contributed by atoms with Crippen molar-refractivity contribution in [3.63, 3.8) is 0 Å². The highest BCUT2D eigenvalue weighted by Crippen LogP contribution is 2.41. The molecule has 3 aromatic carbocycles. The first-order valence-corrected chi connectivity index (χ1v) is 11.2. The van der Waals surface area contributed by atoms with Crippen molar-refractivity contribution in [2.24, 2.45) is 0 Å². The van der Waals surface area contributed by atoms with E-state index in [9.17, 15) is 4.79 Å². The summed E-state index contributed by atoms with van der Waals surface area (Å²) in [7, 11) is 0. The molecule has 6 rings (SSSR count). The van der Waals surface area contributed by atoms with Crippen molar-refractivity contribution in [1.29, 1.82) is 0 Å². The quantitative estimate of drug-likeness (QED) is 0.373. The maximum atomic E-state index is 12.9. The Labute approximate surface area is 196 Å². The Morgan fingerprint density at radius 1 is 0.941 bits per heavy atom. The summed E-state index contributed by atoms with van der Waals surface area (Å²) >= 11 is 0. The highest BCUT2D eigenvalue weighted by molar-refractivity contribution is 6.06. The van der Waals surface area contributed by atoms with Crippen molar-refractivity contribution in [1.82, 2.24) is 14.5 Å². The van der Waals surface area contributed by atoms with Crippen LogP contribution in [-0.4, -0.2) is 20.4 Å². The number of nitrogens with one attached hydrogen (secondary N) is 1. The summed E-state index contributed by atoms with van der Waals surface area (Å²) in [6, 6.07) is 26.4. The van der Waals surface area contributed by atoms with Gasteiger partial charge in [-0.2, -0.15) is 0 Å². The topological polar surface area (TPSA) is 69.0 Å². The third kappa shape index (κ3) is 3.79. The van der Waals surface area contributed by atoms with Crippen molar-refractivity contribution < 1.29 is 9.53 Å². The van der Waals surface area contributed by atoms with Crippen LogP contribution in [0.15, 0.2) is 97.5 Å². The van der Waals surface area contributed by atoms with Crippen LogP contribution in [0.2, 0.25) is 0 Å². The monoisotopic (exact) mass is 446 g/mol. The number of amides is 1. The molecule has 34 heavy (non-hydrogen) atoms. The molecule has 0 bridgehead atoms. The molecule has 0 saturated carbocycles. The van der Waals surface area contributed by atoms with Crippen LogP contribution in [-0.2, 0) is 11.3 Å². The third-order valence-electron chi connectivity index (χ3n) is 6.18. The van der Waals surface area contributed by atoms with Crippen LogP contribution in [0.1, 0.15) is 29.0 Å². The van der Waals surface area contributed by atoms with Crippen LogP contribution in [0.5, 0.6) is 11.8 Å². The maximum absolute atomic E-state index is 12.9. The standard InChI is InChI=1S/C28H22N4O2/c33-26-16-22(20-9-4-10-21(15-20)34-28-29-13-6-14-30-28)23-18-32(17-19-7-2-1-3-8-19)25-12-5-11-24(31-26)27(23)25/h1-15,18,22H,16-17H2,(H,31,33)/t22-/m1/s1. The summed E-state index contributed by atoms with van der Waals surface area (Å²) in [5.74, 6) is 0.533. The van der Waals surface area contributed by atoms with Gasteiger partial charge in [-0.3, -0.25) is 4.79 Å². The second-order valence-electron chi connectivity index (χ2n) is 8.41. The summed E-state index contributed by atoms with van der Waals surface area (Å²) in [6.45, 7) is 0.760. The van der Waals surface area contributed by atoms with Gasteiger partial charge in [0.1, 0.15) is 5.75 Å². The molecule has 1 aliphatic heterocycles. The number of hydrogen-bond donors (Lipinski definition) is 1. The Morgan fingerprint density at radius 3 is 2.62 bits per heavy atom. The van der Waals surface area contributed by atoms with Crippen molar-refractivity contribution in [2.45, 2.75) is 18.9 Å². The normalized spacial score (nSPS) is 15.1. The van der Waals surface area contributed by atoms with Gasteiger partial charge >= 0.3 is 6.01 Å². The maximum Gasteiger partial charge on any atom is 0.321 e. The molecule has 6 nitrogen and oxygen atoms in total. The van der Waals surface area contributed by atoms with Crippen LogP contribution in [0, 0.1) is 0 Å². The molecule has 2 aromatic heterocycles. The molecule has 1 aliphatic rings. The molecule has 0 unspecified atom stereocenters. The Kier molecular flexibility index (Phi) is 5.03. The molecule has 0 aliphatic carbocycles. The summed E-state index contributed by atoms with van der Waals surface area (Å²) in [6.07, 6.45) is 5.83. The molecule has 1 amide bonds.